The van der Waals surface area contributed by atoms with Crippen LogP contribution in [0.1, 0.15) is 134 Å². The summed E-state index contributed by atoms with van der Waals surface area (Å²) in [5.41, 5.74) is -1.26. The number of ketones is 1. The Hall–Kier alpha value is -3.94. The van der Waals surface area contributed by atoms with Crippen molar-refractivity contribution in [2.45, 2.75) is 148 Å². The van der Waals surface area contributed by atoms with Crippen molar-refractivity contribution in [2.24, 2.45) is 34.5 Å². The topological polar surface area (TPSA) is 181 Å². The first-order valence-corrected chi connectivity index (χ1v) is 30.1. The van der Waals surface area contributed by atoms with Crippen molar-refractivity contribution in [3.05, 3.63) is 89.0 Å². The number of alkyl halides is 2. The number of aliphatic hydroxyl groups is 2. The average Bonchev–Trinajstić information content (AvgIpc) is 3.62. The van der Waals surface area contributed by atoms with Crippen molar-refractivity contribution in [3.8, 4) is 5.75 Å². The summed E-state index contributed by atoms with van der Waals surface area (Å²) in [5.74, 6) is -2.19. The van der Waals surface area contributed by atoms with Crippen LogP contribution in [0.5, 0.6) is 5.75 Å². The van der Waals surface area contributed by atoms with Gasteiger partial charge in [0, 0.05) is 59.4 Å². The predicted octanol–water partition coefficient (Wildman–Crippen LogP) is 12.4. The summed E-state index contributed by atoms with van der Waals surface area (Å²) in [6.07, 6.45) is 9.69. The highest BCUT2D eigenvalue weighted by molar-refractivity contribution is 8.76. The van der Waals surface area contributed by atoms with Gasteiger partial charge in [-0.25, -0.2) is 18.4 Å². The molecule has 0 amide bonds. The summed E-state index contributed by atoms with van der Waals surface area (Å²) in [6.45, 7) is 8.22. The van der Waals surface area contributed by atoms with E-state index in [1.165, 1.54) is 58.2 Å². The van der Waals surface area contributed by atoms with E-state index in [2.05, 4.69) is 24.3 Å². The molecule has 2 N–H and O–H groups in total. The van der Waals surface area contributed by atoms with E-state index in [0.29, 0.717) is 52.8 Å². The minimum atomic E-state index is -1.78. The number of aryl methyl sites for hydroxylation is 1. The first kappa shape index (κ1) is 60.3. The minimum Gasteiger partial charge on any atom is -0.449 e. The second-order valence-corrected chi connectivity index (χ2v) is 24.2. The van der Waals surface area contributed by atoms with Gasteiger partial charge in [0.15, 0.2) is 11.4 Å². The lowest BCUT2D eigenvalue weighted by Crippen LogP contribution is -2.66. The lowest BCUT2D eigenvalue weighted by molar-refractivity contribution is -0.213. The molecular weight excluding hydrogens is 1030 g/mol. The Bertz CT molecular complexity index is 2290. The van der Waals surface area contributed by atoms with Gasteiger partial charge >= 0.3 is 18.3 Å². The van der Waals surface area contributed by atoms with Crippen molar-refractivity contribution in [1.29, 1.82) is 0 Å². The number of rotatable bonds is 29. The van der Waals surface area contributed by atoms with Crippen molar-refractivity contribution >= 4 is 62.5 Å². The van der Waals surface area contributed by atoms with Crippen LogP contribution in [0, 0.1) is 34.5 Å². The van der Waals surface area contributed by atoms with Gasteiger partial charge in [-0.3, -0.25) is 14.4 Å². The van der Waals surface area contributed by atoms with E-state index < -0.39 is 88.6 Å². The van der Waals surface area contributed by atoms with Crippen molar-refractivity contribution < 1.29 is 71.4 Å². The maximum absolute atomic E-state index is 16.2. The second-order valence-electron chi connectivity index (χ2n) is 20.6. The quantitative estimate of drug-likeness (QED) is 0.0258. The fraction of sp³-hybridized carbons (Fsp3) is 0.632. The zero-order valence-corrected chi connectivity index (χ0v) is 46.3. The molecular formula is C57H76F2O13S3. The summed E-state index contributed by atoms with van der Waals surface area (Å²) in [7, 11) is 2.73. The highest BCUT2D eigenvalue weighted by Gasteiger charge is 2.75. The molecule has 0 radical (unpaired) electrons. The number of aliphatic hydroxyl groups excluding tert-OH is 2. The monoisotopic (exact) mass is 1100 g/mol. The van der Waals surface area contributed by atoms with Gasteiger partial charge < -0.3 is 38.6 Å². The Labute approximate surface area is 453 Å². The molecule has 0 aliphatic heterocycles. The molecule has 75 heavy (non-hydrogen) atoms. The van der Waals surface area contributed by atoms with E-state index in [-0.39, 0.29) is 49.9 Å². The molecule has 3 saturated carbocycles. The normalized spacial score (nSPS) is 27.0. The molecule has 2 aromatic carbocycles. The number of unbranched alkanes of at least 4 members (excludes halogenated alkanes) is 6. The van der Waals surface area contributed by atoms with Gasteiger partial charge in [0.25, 0.3) is 0 Å². The Kier molecular flexibility index (Phi) is 23.4. The molecule has 10 atom stereocenters. The molecule has 0 bridgehead atoms. The number of fused-ring (bicyclic) bond motifs is 5. The van der Waals surface area contributed by atoms with Crippen LogP contribution in [0.25, 0.3) is 0 Å². The summed E-state index contributed by atoms with van der Waals surface area (Å²) in [5, 5.41) is 20.2. The fourth-order valence-electron chi connectivity index (χ4n) is 12.2. The summed E-state index contributed by atoms with van der Waals surface area (Å²) >= 11 is 0.430. The fourth-order valence-corrected chi connectivity index (χ4v) is 14.6. The molecule has 414 valence electrons. The smallest absolute Gasteiger partial charge is 0.449 e. The number of hydrogen-bond donors (Lipinski definition) is 2. The third-order valence-corrected chi connectivity index (χ3v) is 19.0. The standard InChI is InChI=1S/C57H76F2O13S3/c1-5-51(63)72-57(52(64)73-37-58)38(2)31-45-46-34-47(59)43-33-42(61)22-23-44(43)56(46,4)50(35-55(45,57)3)71-54(66)69-28-30-75-74-29-27-68-53(65)70-49-24-21-40(32-41(49)36-60)48(62)20-14-7-6-8-15-25-67-26-16-10-13-19-39-17-11-9-12-18-39/h9,11-12,17-18,21-24,32-33,38,44-48,50,60,62H,5-8,10,13-16,19-20,25-31,34-37H2,1-4H3/t38-,44+,45+,46+,47+,48?,50+,55+,56-,57+/m1/s1. The predicted molar refractivity (Wildman–Crippen MR) is 287 cm³/mol. The number of carbonyl (C=O) groups excluding carboxylic acids is 5. The van der Waals surface area contributed by atoms with E-state index in [4.69, 9.17) is 28.4 Å². The van der Waals surface area contributed by atoms with E-state index in [0.717, 1.165) is 58.2 Å². The third-order valence-electron chi connectivity index (χ3n) is 16.0. The van der Waals surface area contributed by atoms with E-state index in [1.54, 1.807) is 39.0 Å². The lowest BCUT2D eigenvalue weighted by Gasteiger charge is -2.62. The molecule has 18 heteroatoms. The first-order valence-electron chi connectivity index (χ1n) is 26.6. The van der Waals surface area contributed by atoms with Crippen molar-refractivity contribution in [2.75, 3.05) is 43.9 Å². The number of benzene rings is 2. The van der Waals surface area contributed by atoms with Gasteiger partial charge in [0.1, 0.15) is 37.2 Å². The molecule has 0 heterocycles. The molecule has 3 fully saturated rings. The molecule has 4 aliphatic carbocycles. The van der Waals surface area contributed by atoms with Gasteiger partial charge in [0.2, 0.25) is 5.12 Å². The van der Waals surface area contributed by atoms with Crippen LogP contribution >= 0.6 is 33.3 Å². The van der Waals surface area contributed by atoms with E-state index in [1.807, 2.05) is 13.0 Å². The third kappa shape index (κ3) is 15.0. The molecule has 4 aliphatic rings. The number of allylic oxidation sites excluding steroid dienone is 4. The van der Waals surface area contributed by atoms with Gasteiger partial charge in [-0.1, -0.05) is 124 Å². The summed E-state index contributed by atoms with van der Waals surface area (Å²) < 4.78 is 64.4. The van der Waals surface area contributed by atoms with Crippen LogP contribution < -0.4 is 4.74 Å². The lowest BCUT2D eigenvalue weighted by atomic mass is 9.43. The number of hydrogen-bond acceptors (Lipinski definition) is 16. The SMILES string of the molecule is CCC(=O)O[C@]1(C(=O)SCF)[C@H](C)C[C@H]2[C@@H]3C[C@H](F)C4=CC(=O)C=C[C@@H]4[C@@]3(C)[C@@H](OC(=O)OCCSSCCOC(=O)Oc3ccc(C(O)CCCCCCCOCCCCCc4ccccc4)cc3CO)C[C@@]21C. The van der Waals surface area contributed by atoms with E-state index in [9.17, 15) is 38.6 Å². The van der Waals surface area contributed by atoms with Gasteiger partial charge in [0.05, 0.1) is 12.7 Å². The highest BCUT2D eigenvalue weighted by atomic mass is 33.1. The van der Waals surface area contributed by atoms with Crippen LogP contribution in [0.4, 0.5) is 18.4 Å². The molecule has 0 aromatic heterocycles. The number of carbonyl (C=O) groups is 5. The number of esters is 1. The highest BCUT2D eigenvalue weighted by Crippen LogP contribution is 2.72. The van der Waals surface area contributed by atoms with Crippen LogP contribution in [0.2, 0.25) is 0 Å². The molecule has 1 unspecified atom stereocenters. The molecule has 13 nitrogen and oxygen atoms in total. The number of ether oxygens (including phenoxy) is 6. The van der Waals surface area contributed by atoms with Crippen molar-refractivity contribution in [3.63, 3.8) is 0 Å². The van der Waals surface area contributed by atoms with Crippen molar-refractivity contribution in [1.82, 2.24) is 0 Å². The Morgan fingerprint density at radius 1 is 0.853 bits per heavy atom. The minimum absolute atomic E-state index is 0.00579. The maximum atomic E-state index is 16.2. The zero-order valence-electron chi connectivity index (χ0n) is 43.8. The van der Waals surface area contributed by atoms with Gasteiger partial charge in [-0.05, 0) is 116 Å². The molecule has 0 spiro atoms. The molecule has 2 aromatic rings. The Morgan fingerprint density at radius 3 is 2.23 bits per heavy atom. The molecule has 6 rings (SSSR count). The maximum Gasteiger partial charge on any atom is 0.513 e. The summed E-state index contributed by atoms with van der Waals surface area (Å²) in [4.78, 5) is 65.7. The average molecular weight is 1100 g/mol. The van der Waals surface area contributed by atoms with Gasteiger partial charge in [-0.15, -0.1) is 0 Å². The van der Waals surface area contributed by atoms with Crippen LogP contribution in [-0.4, -0.2) is 101 Å². The number of thioether (sulfide) groups is 1. The largest absolute Gasteiger partial charge is 0.513 e. The summed E-state index contributed by atoms with van der Waals surface area (Å²) in [6, 6.07) is 14.3. The zero-order chi connectivity index (χ0) is 54.0. The first-order chi connectivity index (χ1) is 36.1. The Balaban J connectivity index is 0.892. The van der Waals surface area contributed by atoms with Crippen LogP contribution in [0.3, 0.4) is 0 Å². The Morgan fingerprint density at radius 2 is 1.53 bits per heavy atom. The van der Waals surface area contributed by atoms with Crippen LogP contribution in [0.15, 0.2) is 72.3 Å². The van der Waals surface area contributed by atoms with Crippen LogP contribution in [-0.2, 0) is 51.1 Å². The number of halogens is 2. The van der Waals surface area contributed by atoms with E-state index >= 15 is 4.39 Å². The van der Waals surface area contributed by atoms with Gasteiger partial charge in [-0.2, -0.15) is 0 Å². The molecule has 0 saturated heterocycles. The second kappa shape index (κ2) is 29.2.